The number of rotatable bonds is 16. The second-order valence-electron chi connectivity index (χ2n) is 5.64. The molecule has 0 atom stereocenters. The smallest absolute Gasteiger partial charge is 0.247 e. The molecule has 139 valence electrons. The van der Waals surface area contributed by atoms with Crippen molar-refractivity contribution in [1.29, 1.82) is 0 Å². The van der Waals surface area contributed by atoms with Crippen LogP contribution in [0, 0.1) is 0 Å². The predicted molar refractivity (Wildman–Crippen MR) is 93.2 cm³/mol. The minimum Gasteiger partial charge on any atom is -0.336 e. The van der Waals surface area contributed by atoms with Crippen molar-refractivity contribution >= 4 is 0 Å². The first-order valence-electron chi connectivity index (χ1n) is 9.37. The third-order valence-electron chi connectivity index (χ3n) is 3.36. The number of nitrogens with zero attached hydrogens (tertiary/aromatic N) is 1. The van der Waals surface area contributed by atoms with Crippen molar-refractivity contribution in [2.45, 2.75) is 91.9 Å². The van der Waals surface area contributed by atoms with Crippen LogP contribution in [0.4, 0.5) is 0 Å². The average Bonchev–Trinajstić information content (AvgIpc) is 2.60. The molecule has 23 heavy (non-hydrogen) atoms. The normalized spacial score (nSPS) is 12.8. The van der Waals surface area contributed by atoms with Gasteiger partial charge in [0.2, 0.25) is 11.8 Å². The van der Waals surface area contributed by atoms with Crippen molar-refractivity contribution in [3.05, 3.63) is 0 Å². The van der Waals surface area contributed by atoms with Crippen LogP contribution in [0.3, 0.4) is 0 Å². The van der Waals surface area contributed by atoms with Crippen LogP contribution in [0.25, 0.3) is 0 Å². The fourth-order valence-corrected chi connectivity index (χ4v) is 2.08. The van der Waals surface area contributed by atoms with Crippen LogP contribution in [-0.2, 0) is 18.9 Å². The molecule has 0 unspecified atom stereocenters. The van der Waals surface area contributed by atoms with Gasteiger partial charge in [-0.2, -0.15) is 0 Å². The lowest BCUT2D eigenvalue weighted by Gasteiger charge is -2.41. The molecule has 0 saturated carbocycles. The summed E-state index contributed by atoms with van der Waals surface area (Å²) in [6.45, 7) is 14.8. The molecule has 1 radical (unpaired) electrons. The Labute approximate surface area is 143 Å². The van der Waals surface area contributed by atoms with Crippen molar-refractivity contribution in [2.24, 2.45) is 0 Å². The summed E-state index contributed by atoms with van der Waals surface area (Å²) >= 11 is 0. The van der Waals surface area contributed by atoms with Crippen molar-refractivity contribution in [3.63, 3.8) is 0 Å². The Balaban J connectivity index is 5.24. The van der Waals surface area contributed by atoms with Gasteiger partial charge in [-0.05, 0) is 25.7 Å². The van der Waals surface area contributed by atoms with Crippen LogP contribution in [0.1, 0.15) is 80.1 Å². The molecule has 0 aromatic carbocycles. The van der Waals surface area contributed by atoms with Gasteiger partial charge in [0.15, 0.2) is 0 Å². The third-order valence-corrected chi connectivity index (χ3v) is 3.36. The molecule has 0 N–H and O–H groups in total. The van der Waals surface area contributed by atoms with Gasteiger partial charge in [-0.1, -0.05) is 41.5 Å². The van der Waals surface area contributed by atoms with Gasteiger partial charge in [-0.15, -0.1) is 5.32 Å². The highest BCUT2D eigenvalue weighted by molar-refractivity contribution is 4.75. The molecule has 0 aromatic rings. The Kier molecular flexibility index (Phi) is 13.0. The Hall–Kier alpha value is -0.200. The van der Waals surface area contributed by atoms with Gasteiger partial charge in [-0.25, -0.2) is 0 Å². The van der Waals surface area contributed by atoms with E-state index in [1.165, 1.54) is 0 Å². The molecule has 0 rings (SSSR count). The number of hydrogen-bond donors (Lipinski definition) is 0. The fraction of sp³-hybridized carbons (Fsp3) is 1.00. The summed E-state index contributed by atoms with van der Waals surface area (Å²) in [5.74, 6) is -1.99. The Morgan fingerprint density at radius 1 is 0.522 bits per heavy atom. The quantitative estimate of drug-likeness (QED) is 0.392. The summed E-state index contributed by atoms with van der Waals surface area (Å²) in [5, 5.41) is 4.84. The molecular weight excluding hydrogens is 294 g/mol. The second kappa shape index (κ2) is 13.1. The number of hydrogen-bond acceptors (Lipinski definition) is 4. The molecule has 0 aliphatic carbocycles. The highest BCUT2D eigenvalue weighted by Gasteiger charge is 2.44. The SMILES string of the molecule is CCCOC(CC)([N]C(CC)(OCCC)OCCC)OCCC. The van der Waals surface area contributed by atoms with E-state index in [0.717, 1.165) is 25.7 Å². The van der Waals surface area contributed by atoms with Crippen LogP contribution in [0.5, 0.6) is 0 Å². The van der Waals surface area contributed by atoms with E-state index in [1.54, 1.807) is 0 Å². The first kappa shape index (κ1) is 22.8. The summed E-state index contributed by atoms with van der Waals surface area (Å²) in [6.07, 6.45) is 4.91. The van der Waals surface area contributed by atoms with Gasteiger partial charge >= 0.3 is 0 Å². The minimum atomic E-state index is -0.997. The van der Waals surface area contributed by atoms with Gasteiger partial charge in [0.05, 0.1) is 26.4 Å². The second-order valence-corrected chi connectivity index (χ2v) is 5.64. The number of ether oxygens (including phenoxy) is 4. The standard InChI is InChI=1S/C18H38NO4/c1-7-13-20-17(11-5,21-14-8-2)19-18(12-6,22-15-9-3)23-16-10-4/h7-16H2,1-6H3. The van der Waals surface area contributed by atoms with E-state index in [9.17, 15) is 0 Å². The minimum absolute atomic E-state index is 0.600. The lowest BCUT2D eigenvalue weighted by atomic mass is 10.2. The first-order valence-corrected chi connectivity index (χ1v) is 9.37. The third kappa shape index (κ3) is 8.45. The molecule has 0 bridgehead atoms. The van der Waals surface area contributed by atoms with Gasteiger partial charge < -0.3 is 18.9 Å². The van der Waals surface area contributed by atoms with E-state index in [0.29, 0.717) is 39.3 Å². The summed E-state index contributed by atoms with van der Waals surface area (Å²) in [5.41, 5.74) is 0. The molecule has 0 aliphatic rings. The highest BCUT2D eigenvalue weighted by Crippen LogP contribution is 2.27. The largest absolute Gasteiger partial charge is 0.336 e. The average molecular weight is 333 g/mol. The molecule has 5 nitrogen and oxygen atoms in total. The van der Waals surface area contributed by atoms with E-state index in [2.05, 4.69) is 27.7 Å². The van der Waals surface area contributed by atoms with Crippen molar-refractivity contribution < 1.29 is 18.9 Å². The van der Waals surface area contributed by atoms with Gasteiger partial charge in [0.1, 0.15) is 0 Å². The lowest BCUT2D eigenvalue weighted by Crippen LogP contribution is -2.58. The van der Waals surface area contributed by atoms with E-state index in [1.807, 2.05) is 13.8 Å². The maximum atomic E-state index is 6.00. The summed E-state index contributed by atoms with van der Waals surface area (Å²) < 4.78 is 24.0. The van der Waals surface area contributed by atoms with Crippen molar-refractivity contribution in [2.75, 3.05) is 26.4 Å². The zero-order valence-electron chi connectivity index (χ0n) is 16.2. The van der Waals surface area contributed by atoms with Crippen molar-refractivity contribution in [1.82, 2.24) is 5.32 Å². The maximum absolute atomic E-state index is 6.00. The van der Waals surface area contributed by atoms with E-state index in [-0.39, 0.29) is 0 Å². The molecular formula is C18H38NO4. The predicted octanol–water partition coefficient (Wildman–Crippen LogP) is 4.42. The first-order chi connectivity index (χ1) is 11.1. The molecule has 0 heterocycles. The van der Waals surface area contributed by atoms with Gasteiger partial charge in [0, 0.05) is 12.8 Å². The summed E-state index contributed by atoms with van der Waals surface area (Å²) in [4.78, 5) is 0. The molecule has 0 saturated heterocycles. The van der Waals surface area contributed by atoms with Gasteiger partial charge in [0.25, 0.3) is 0 Å². The molecule has 0 amide bonds. The zero-order valence-corrected chi connectivity index (χ0v) is 16.2. The van der Waals surface area contributed by atoms with Crippen LogP contribution in [0.15, 0.2) is 0 Å². The van der Waals surface area contributed by atoms with E-state index in [4.69, 9.17) is 24.3 Å². The van der Waals surface area contributed by atoms with Crippen LogP contribution in [-0.4, -0.2) is 38.2 Å². The van der Waals surface area contributed by atoms with E-state index < -0.39 is 11.8 Å². The molecule has 0 fully saturated rings. The summed E-state index contributed by atoms with van der Waals surface area (Å²) in [6, 6.07) is 0. The molecule has 0 spiro atoms. The van der Waals surface area contributed by atoms with Gasteiger partial charge in [-0.3, -0.25) is 0 Å². The van der Waals surface area contributed by atoms with Crippen molar-refractivity contribution in [3.8, 4) is 0 Å². The zero-order chi connectivity index (χ0) is 17.6. The Morgan fingerprint density at radius 3 is 0.957 bits per heavy atom. The molecule has 0 aliphatic heterocycles. The molecule has 0 aromatic heterocycles. The highest BCUT2D eigenvalue weighted by atomic mass is 16.8. The Morgan fingerprint density at radius 2 is 0.783 bits per heavy atom. The van der Waals surface area contributed by atoms with Crippen LogP contribution in [0.2, 0.25) is 0 Å². The fourth-order valence-electron chi connectivity index (χ4n) is 2.08. The van der Waals surface area contributed by atoms with E-state index >= 15 is 0 Å². The lowest BCUT2D eigenvalue weighted by molar-refractivity contribution is -0.349. The summed E-state index contributed by atoms with van der Waals surface area (Å²) in [7, 11) is 0. The van der Waals surface area contributed by atoms with Crippen LogP contribution >= 0.6 is 0 Å². The maximum Gasteiger partial charge on any atom is 0.247 e. The van der Waals surface area contributed by atoms with Crippen LogP contribution < -0.4 is 5.32 Å². The monoisotopic (exact) mass is 332 g/mol. The Bertz CT molecular complexity index is 232. The topological polar surface area (TPSA) is 51.0 Å². The molecule has 5 heteroatoms.